The Morgan fingerprint density at radius 3 is 3.00 bits per heavy atom. The Hall–Kier alpha value is -1.55. The number of aromatic nitrogens is 1. The highest BCUT2D eigenvalue weighted by Gasteiger charge is 1.98. The summed E-state index contributed by atoms with van der Waals surface area (Å²) in [6, 6.07) is 1.68. The maximum absolute atomic E-state index is 10.8. The van der Waals surface area contributed by atoms with Gasteiger partial charge in [-0.2, -0.15) is 4.73 Å². The van der Waals surface area contributed by atoms with Crippen molar-refractivity contribution in [1.82, 2.24) is 0 Å². The van der Waals surface area contributed by atoms with Crippen molar-refractivity contribution < 1.29 is 9.57 Å². The van der Waals surface area contributed by atoms with Crippen LogP contribution in [0.4, 0.5) is 0 Å². The van der Waals surface area contributed by atoms with E-state index in [1.807, 2.05) is 6.92 Å². The van der Waals surface area contributed by atoms with Crippen LogP contribution in [0.25, 0.3) is 0 Å². The van der Waals surface area contributed by atoms with E-state index in [2.05, 4.69) is 11.7 Å². The number of hydrogen-bond donors (Lipinski definition) is 0. The fourth-order valence-electron chi connectivity index (χ4n) is 0.928. The van der Waals surface area contributed by atoms with E-state index in [0.29, 0.717) is 6.61 Å². The molecule has 0 aromatic carbocycles. The van der Waals surface area contributed by atoms with Gasteiger partial charge >= 0.3 is 0 Å². The van der Waals surface area contributed by atoms with Gasteiger partial charge in [0.1, 0.15) is 6.61 Å². The van der Waals surface area contributed by atoms with Crippen LogP contribution in [0.3, 0.4) is 0 Å². The second-order valence-corrected chi connectivity index (χ2v) is 2.76. The topological polar surface area (TPSA) is 48.5 Å². The largest absolute Gasteiger partial charge is 0.619 e. The Bertz CT molecular complexity index is 353. The minimum Gasteiger partial charge on any atom is -0.619 e. The smallest absolute Gasteiger partial charge is 0.183 e. The van der Waals surface area contributed by atoms with Crippen molar-refractivity contribution in [2.24, 2.45) is 5.16 Å². The van der Waals surface area contributed by atoms with Crippen molar-refractivity contribution >= 4 is 18.6 Å². The van der Waals surface area contributed by atoms with Gasteiger partial charge in [-0.3, -0.25) is 0 Å². The lowest BCUT2D eigenvalue weighted by molar-refractivity contribution is -0.605. The molecule has 1 aromatic heterocycles. The van der Waals surface area contributed by atoms with Crippen molar-refractivity contribution in [2.45, 2.75) is 6.92 Å². The standard InChI is InChI=1S/C10H12N2O2.ClH/c1-3-6-14-11-7-10-4-5-12(13)8-9(10)2;/h3-5,7-8H,1,6H2,2H3;1H/b11-7+;. The van der Waals surface area contributed by atoms with E-state index in [4.69, 9.17) is 4.84 Å². The molecule has 0 spiro atoms. The van der Waals surface area contributed by atoms with E-state index in [0.717, 1.165) is 15.9 Å². The van der Waals surface area contributed by atoms with E-state index in [-0.39, 0.29) is 12.4 Å². The minimum atomic E-state index is 0. The van der Waals surface area contributed by atoms with E-state index in [9.17, 15) is 5.21 Å². The van der Waals surface area contributed by atoms with Crippen LogP contribution >= 0.6 is 12.4 Å². The summed E-state index contributed by atoms with van der Waals surface area (Å²) in [5, 5.41) is 14.6. The summed E-state index contributed by atoms with van der Waals surface area (Å²) in [6.07, 6.45) is 6.08. The molecule has 15 heavy (non-hydrogen) atoms. The van der Waals surface area contributed by atoms with Crippen LogP contribution in [-0.2, 0) is 4.84 Å². The van der Waals surface area contributed by atoms with Gasteiger partial charge in [-0.15, -0.1) is 12.4 Å². The zero-order valence-electron chi connectivity index (χ0n) is 8.42. The van der Waals surface area contributed by atoms with Crippen LogP contribution < -0.4 is 4.73 Å². The molecule has 1 heterocycles. The van der Waals surface area contributed by atoms with Crippen molar-refractivity contribution in [3.05, 3.63) is 47.4 Å². The number of aryl methyl sites for hydroxylation is 1. The molecule has 0 aliphatic heterocycles. The molecule has 5 heteroatoms. The number of hydrogen-bond acceptors (Lipinski definition) is 3. The Morgan fingerprint density at radius 2 is 2.40 bits per heavy atom. The lowest BCUT2D eigenvalue weighted by Gasteiger charge is -1.99. The van der Waals surface area contributed by atoms with Crippen LogP contribution in [0.5, 0.6) is 0 Å². The predicted molar refractivity (Wildman–Crippen MR) is 61.1 cm³/mol. The maximum atomic E-state index is 10.8. The quantitative estimate of drug-likeness (QED) is 0.196. The Balaban J connectivity index is 0.00000196. The van der Waals surface area contributed by atoms with Gasteiger partial charge in [-0.1, -0.05) is 17.8 Å². The van der Waals surface area contributed by atoms with Gasteiger partial charge in [0.25, 0.3) is 0 Å². The summed E-state index contributed by atoms with van der Waals surface area (Å²) >= 11 is 0. The Labute approximate surface area is 94.9 Å². The summed E-state index contributed by atoms with van der Waals surface area (Å²) in [6.45, 7) is 5.71. The first-order chi connectivity index (χ1) is 6.74. The third-order valence-electron chi connectivity index (χ3n) is 1.64. The number of oxime groups is 1. The van der Waals surface area contributed by atoms with Gasteiger partial charge in [0.05, 0.1) is 6.21 Å². The highest BCUT2D eigenvalue weighted by molar-refractivity contribution is 5.85. The number of halogens is 1. The van der Waals surface area contributed by atoms with Gasteiger partial charge in [0.15, 0.2) is 12.4 Å². The van der Waals surface area contributed by atoms with Crippen LogP contribution in [0, 0.1) is 12.1 Å². The molecule has 0 atom stereocenters. The van der Waals surface area contributed by atoms with E-state index >= 15 is 0 Å². The lowest BCUT2D eigenvalue weighted by Crippen LogP contribution is -2.25. The summed E-state index contributed by atoms with van der Waals surface area (Å²) in [5.41, 5.74) is 1.72. The second kappa shape index (κ2) is 6.84. The van der Waals surface area contributed by atoms with E-state index < -0.39 is 0 Å². The number of nitrogens with zero attached hydrogens (tertiary/aromatic N) is 2. The summed E-state index contributed by atoms with van der Waals surface area (Å²) in [5.74, 6) is 0. The van der Waals surface area contributed by atoms with Gasteiger partial charge < -0.3 is 10.0 Å². The molecule has 0 aliphatic rings. The zero-order chi connectivity index (χ0) is 10.4. The minimum absolute atomic E-state index is 0. The third-order valence-corrected chi connectivity index (χ3v) is 1.64. The average Bonchev–Trinajstić information content (AvgIpc) is 2.15. The second-order valence-electron chi connectivity index (χ2n) is 2.76. The molecule has 0 saturated heterocycles. The Kier molecular flexibility index (Phi) is 6.13. The summed E-state index contributed by atoms with van der Waals surface area (Å²) in [7, 11) is 0. The maximum Gasteiger partial charge on any atom is 0.183 e. The normalized spacial score (nSPS) is 9.67. The van der Waals surface area contributed by atoms with Crippen LogP contribution in [0.2, 0.25) is 0 Å². The molecule has 0 aliphatic carbocycles. The number of pyridine rings is 1. The molecule has 1 rings (SSSR count). The molecule has 82 valence electrons. The molecule has 4 nitrogen and oxygen atoms in total. The molecule has 1 aromatic rings. The molecule has 0 fully saturated rings. The first kappa shape index (κ1) is 13.4. The molecule has 0 amide bonds. The summed E-state index contributed by atoms with van der Waals surface area (Å²) in [4.78, 5) is 4.84. The first-order valence-corrected chi connectivity index (χ1v) is 4.19. The van der Waals surface area contributed by atoms with Crippen LogP contribution in [0.15, 0.2) is 36.3 Å². The average molecular weight is 229 g/mol. The number of rotatable bonds is 4. The molecule has 0 saturated carbocycles. The van der Waals surface area contributed by atoms with Gasteiger partial charge in [-0.25, -0.2) is 0 Å². The highest BCUT2D eigenvalue weighted by Crippen LogP contribution is 2.00. The molecule has 0 N–H and O–H groups in total. The molecular weight excluding hydrogens is 216 g/mol. The van der Waals surface area contributed by atoms with Crippen LogP contribution in [-0.4, -0.2) is 12.8 Å². The van der Waals surface area contributed by atoms with Gasteiger partial charge in [-0.05, 0) is 6.92 Å². The molecule has 0 unspecified atom stereocenters. The van der Waals surface area contributed by atoms with E-state index in [1.54, 1.807) is 18.4 Å². The fourth-order valence-corrected chi connectivity index (χ4v) is 0.928. The Morgan fingerprint density at radius 1 is 1.67 bits per heavy atom. The van der Waals surface area contributed by atoms with Crippen molar-refractivity contribution in [1.29, 1.82) is 0 Å². The highest BCUT2D eigenvalue weighted by atomic mass is 35.5. The van der Waals surface area contributed by atoms with Gasteiger partial charge in [0.2, 0.25) is 0 Å². The monoisotopic (exact) mass is 228 g/mol. The SMILES string of the molecule is C=CCO/N=C/c1cc[n+]([O-])cc1C.Cl. The van der Waals surface area contributed by atoms with Crippen molar-refractivity contribution in [3.8, 4) is 0 Å². The van der Waals surface area contributed by atoms with Crippen LogP contribution in [0.1, 0.15) is 11.1 Å². The lowest BCUT2D eigenvalue weighted by atomic mass is 10.2. The molecular formula is C10H13ClN2O2. The first-order valence-electron chi connectivity index (χ1n) is 4.19. The van der Waals surface area contributed by atoms with Crippen molar-refractivity contribution in [3.63, 3.8) is 0 Å². The molecule has 0 bridgehead atoms. The fraction of sp³-hybridized carbons (Fsp3) is 0.200. The zero-order valence-corrected chi connectivity index (χ0v) is 9.24. The summed E-state index contributed by atoms with van der Waals surface area (Å²) < 4.78 is 0.747. The predicted octanol–water partition coefficient (Wildman–Crippen LogP) is 1.59. The van der Waals surface area contributed by atoms with Crippen molar-refractivity contribution in [2.75, 3.05) is 6.61 Å². The third kappa shape index (κ3) is 4.46. The van der Waals surface area contributed by atoms with E-state index in [1.165, 1.54) is 12.4 Å². The molecule has 0 radical (unpaired) electrons. The van der Waals surface area contributed by atoms with Gasteiger partial charge in [0, 0.05) is 17.2 Å².